The van der Waals surface area contributed by atoms with Crippen molar-refractivity contribution < 1.29 is 14.3 Å². The van der Waals surface area contributed by atoms with Crippen LogP contribution in [0, 0.1) is 0 Å². The van der Waals surface area contributed by atoms with Gasteiger partial charge in [-0.3, -0.25) is 15.2 Å². The van der Waals surface area contributed by atoms with E-state index in [0.29, 0.717) is 28.1 Å². The highest BCUT2D eigenvalue weighted by atomic mass is 35.5. The molecule has 2 aliphatic rings. The van der Waals surface area contributed by atoms with Crippen LogP contribution in [0.4, 0.5) is 4.79 Å². The van der Waals surface area contributed by atoms with Gasteiger partial charge >= 0.3 is 6.03 Å². The van der Waals surface area contributed by atoms with Crippen LogP contribution in [0.1, 0.15) is 36.0 Å². The number of carbonyl (C=O) groups excluding carboxylic acids is 2. The second-order valence-corrected chi connectivity index (χ2v) is 6.27. The van der Waals surface area contributed by atoms with Crippen molar-refractivity contribution in [2.24, 2.45) is 0 Å². The zero-order valence-corrected chi connectivity index (χ0v) is 13.8. The lowest BCUT2D eigenvalue weighted by atomic mass is 10.2. The van der Waals surface area contributed by atoms with Gasteiger partial charge in [-0.15, -0.1) is 0 Å². The van der Waals surface area contributed by atoms with Crippen molar-refractivity contribution in [2.45, 2.75) is 25.4 Å². The average Bonchev–Trinajstić information content (AvgIpc) is 3.23. The predicted octanol–water partition coefficient (Wildman–Crippen LogP) is 2.09. The number of urea groups is 1. The summed E-state index contributed by atoms with van der Waals surface area (Å²) in [6.07, 6.45) is 3.81. The number of hydrogen-bond acceptors (Lipinski definition) is 5. The Kier molecular flexibility index (Phi) is 3.89. The van der Waals surface area contributed by atoms with Crippen LogP contribution in [0.25, 0.3) is 6.08 Å². The highest BCUT2D eigenvalue weighted by molar-refractivity contribution is 6.32. The number of imide groups is 1. The maximum Gasteiger partial charge on any atom is 0.326 e. The highest BCUT2D eigenvalue weighted by Crippen LogP contribution is 2.37. The van der Waals surface area contributed by atoms with Gasteiger partial charge in [0.15, 0.2) is 11.6 Å². The van der Waals surface area contributed by atoms with Gasteiger partial charge in [-0.2, -0.15) is 5.10 Å². The van der Waals surface area contributed by atoms with Crippen molar-refractivity contribution in [2.75, 3.05) is 0 Å². The Labute approximate surface area is 147 Å². The Hall–Kier alpha value is -2.87. The third-order valence-corrected chi connectivity index (χ3v) is 4.14. The molecule has 1 aliphatic heterocycles. The fraction of sp³-hybridized carbons (Fsp3) is 0.250. The summed E-state index contributed by atoms with van der Waals surface area (Å²) < 4.78 is 5.66. The molecule has 0 radical (unpaired) electrons. The fourth-order valence-corrected chi connectivity index (χ4v) is 2.66. The summed E-state index contributed by atoms with van der Waals surface area (Å²) in [6, 6.07) is 4.54. The molecule has 1 aromatic carbocycles. The third kappa shape index (κ3) is 3.48. The number of H-pyrrole nitrogens is 1. The predicted molar refractivity (Wildman–Crippen MR) is 88.8 cm³/mol. The summed E-state index contributed by atoms with van der Waals surface area (Å²) in [6.45, 7) is 0.234. The molecule has 2 aromatic rings. The Morgan fingerprint density at radius 2 is 2.12 bits per heavy atom. The Balaban J connectivity index is 1.43. The van der Waals surface area contributed by atoms with Crippen molar-refractivity contribution in [3.05, 3.63) is 46.1 Å². The van der Waals surface area contributed by atoms with Crippen LogP contribution in [0.2, 0.25) is 5.02 Å². The minimum absolute atomic E-state index is 0.170. The van der Waals surface area contributed by atoms with Crippen LogP contribution in [0.15, 0.2) is 23.9 Å². The molecule has 1 aliphatic carbocycles. The van der Waals surface area contributed by atoms with E-state index >= 15 is 0 Å². The third-order valence-electron chi connectivity index (χ3n) is 3.84. The molecule has 1 saturated carbocycles. The smallest absolute Gasteiger partial charge is 0.326 e. The van der Waals surface area contributed by atoms with Crippen LogP contribution in [-0.2, 0) is 11.4 Å². The number of nitrogens with zero attached hydrogens (tertiary/aromatic N) is 2. The van der Waals surface area contributed by atoms with E-state index in [9.17, 15) is 9.59 Å². The molecule has 1 saturated heterocycles. The molecule has 0 spiro atoms. The van der Waals surface area contributed by atoms with Gasteiger partial charge in [0, 0.05) is 5.92 Å². The van der Waals surface area contributed by atoms with E-state index in [4.69, 9.17) is 16.3 Å². The Bertz CT molecular complexity index is 888. The number of carbonyl (C=O) groups is 2. The lowest BCUT2D eigenvalue weighted by molar-refractivity contribution is -0.115. The molecular formula is C16H14ClN5O3. The van der Waals surface area contributed by atoms with E-state index in [1.165, 1.54) is 6.08 Å². The zero-order chi connectivity index (χ0) is 17.4. The summed E-state index contributed by atoms with van der Waals surface area (Å²) >= 11 is 6.22. The van der Waals surface area contributed by atoms with Crippen molar-refractivity contribution in [1.82, 2.24) is 25.8 Å². The van der Waals surface area contributed by atoms with E-state index in [-0.39, 0.29) is 12.3 Å². The normalized spacial score (nSPS) is 18.4. The van der Waals surface area contributed by atoms with Gasteiger partial charge in [0.2, 0.25) is 0 Å². The minimum atomic E-state index is -0.542. The Morgan fingerprint density at radius 3 is 2.80 bits per heavy atom. The number of benzene rings is 1. The SMILES string of the molecule is O=C1NC(=O)/C(=C\c2ccc(OCc3nc(C4CC4)n[nH]3)c(Cl)c2)N1. The number of halogens is 1. The zero-order valence-electron chi connectivity index (χ0n) is 13.0. The van der Waals surface area contributed by atoms with Gasteiger partial charge in [0.05, 0.1) is 5.02 Å². The molecule has 3 N–H and O–H groups in total. The van der Waals surface area contributed by atoms with Crippen molar-refractivity contribution in [3.63, 3.8) is 0 Å². The molecule has 0 bridgehead atoms. The molecule has 3 amide bonds. The maximum absolute atomic E-state index is 11.5. The fourth-order valence-electron chi connectivity index (χ4n) is 2.42. The van der Waals surface area contributed by atoms with Gasteiger partial charge in [-0.05, 0) is 36.6 Å². The first kappa shape index (κ1) is 15.6. The molecule has 2 heterocycles. The second kappa shape index (κ2) is 6.21. The van der Waals surface area contributed by atoms with E-state index in [1.54, 1.807) is 18.2 Å². The number of rotatable bonds is 5. The van der Waals surface area contributed by atoms with Crippen LogP contribution in [0.5, 0.6) is 5.75 Å². The molecule has 128 valence electrons. The van der Waals surface area contributed by atoms with Gasteiger partial charge in [-0.1, -0.05) is 17.7 Å². The maximum atomic E-state index is 11.5. The van der Waals surface area contributed by atoms with E-state index in [2.05, 4.69) is 25.8 Å². The largest absolute Gasteiger partial charge is 0.484 e. The van der Waals surface area contributed by atoms with E-state index in [0.717, 1.165) is 18.7 Å². The molecule has 8 nitrogen and oxygen atoms in total. The summed E-state index contributed by atoms with van der Waals surface area (Å²) in [7, 11) is 0. The van der Waals surface area contributed by atoms with E-state index in [1.807, 2.05) is 0 Å². The molecule has 4 rings (SSSR count). The first-order valence-corrected chi connectivity index (χ1v) is 8.14. The van der Waals surface area contributed by atoms with Gasteiger partial charge < -0.3 is 10.1 Å². The summed E-state index contributed by atoms with van der Waals surface area (Å²) in [4.78, 5) is 27.0. The van der Waals surface area contributed by atoms with Crippen LogP contribution < -0.4 is 15.4 Å². The number of nitrogens with one attached hydrogen (secondary N) is 3. The summed E-state index contributed by atoms with van der Waals surface area (Å²) in [5.41, 5.74) is 0.837. The topological polar surface area (TPSA) is 109 Å². The number of ether oxygens (including phenoxy) is 1. The molecule has 9 heteroatoms. The molecule has 0 atom stereocenters. The summed E-state index contributed by atoms with van der Waals surface area (Å²) in [5.74, 6) is 1.98. The minimum Gasteiger partial charge on any atom is -0.484 e. The molecular weight excluding hydrogens is 346 g/mol. The number of hydrogen-bond donors (Lipinski definition) is 3. The monoisotopic (exact) mass is 359 g/mol. The molecule has 25 heavy (non-hydrogen) atoms. The highest BCUT2D eigenvalue weighted by Gasteiger charge is 2.27. The quantitative estimate of drug-likeness (QED) is 0.559. The van der Waals surface area contributed by atoms with Crippen molar-refractivity contribution in [3.8, 4) is 5.75 Å². The number of amides is 3. The second-order valence-electron chi connectivity index (χ2n) is 5.86. The molecule has 1 aromatic heterocycles. The number of aromatic nitrogens is 3. The standard InChI is InChI=1S/C16H14ClN5O3/c17-10-5-8(6-11-15(23)20-16(24)18-11)1-4-12(10)25-7-13-19-14(22-21-13)9-2-3-9/h1,4-6,9H,2-3,7H2,(H,19,21,22)(H2,18,20,23,24)/b11-6+. The lowest BCUT2D eigenvalue weighted by Crippen LogP contribution is -2.22. The van der Waals surface area contributed by atoms with E-state index < -0.39 is 11.9 Å². The van der Waals surface area contributed by atoms with Crippen molar-refractivity contribution in [1.29, 1.82) is 0 Å². The first-order chi connectivity index (χ1) is 12.1. The first-order valence-electron chi connectivity index (χ1n) is 7.76. The van der Waals surface area contributed by atoms with Crippen molar-refractivity contribution >= 4 is 29.6 Å². The lowest BCUT2D eigenvalue weighted by Gasteiger charge is -2.07. The average molecular weight is 360 g/mol. The van der Waals surface area contributed by atoms with Gasteiger partial charge in [-0.25, -0.2) is 9.78 Å². The molecule has 0 unspecified atom stereocenters. The van der Waals surface area contributed by atoms with Gasteiger partial charge in [0.1, 0.15) is 18.1 Å². The molecule has 2 fully saturated rings. The van der Waals surface area contributed by atoms with Gasteiger partial charge in [0.25, 0.3) is 5.91 Å². The van der Waals surface area contributed by atoms with Crippen LogP contribution in [0.3, 0.4) is 0 Å². The van der Waals surface area contributed by atoms with Crippen LogP contribution >= 0.6 is 11.6 Å². The van der Waals surface area contributed by atoms with Crippen LogP contribution in [-0.4, -0.2) is 27.1 Å². The number of aromatic amines is 1. The summed E-state index contributed by atoms with van der Waals surface area (Å²) in [5, 5.41) is 12.0. The Morgan fingerprint density at radius 1 is 1.28 bits per heavy atom.